The molecule has 72 valence electrons. The number of aromatic hydroxyl groups is 1. The highest BCUT2D eigenvalue weighted by molar-refractivity contribution is 5.92. The Labute approximate surface area is 81.3 Å². The van der Waals surface area contributed by atoms with Crippen molar-refractivity contribution in [3.63, 3.8) is 0 Å². The lowest BCUT2D eigenvalue weighted by Crippen LogP contribution is -2.06. The Bertz CT molecular complexity index is 415. The molecule has 4 heteroatoms. The van der Waals surface area contributed by atoms with Crippen LogP contribution in [0.25, 0.3) is 0 Å². The number of rotatable bonds is 1. The van der Waals surface area contributed by atoms with Crippen molar-refractivity contribution in [3.8, 4) is 23.3 Å². The summed E-state index contributed by atoms with van der Waals surface area (Å²) < 4.78 is 4.86. The first-order valence-corrected chi connectivity index (χ1v) is 3.82. The van der Waals surface area contributed by atoms with Crippen LogP contribution in [0.5, 0.6) is 11.5 Å². The third-order valence-electron chi connectivity index (χ3n) is 1.54. The molecule has 0 fully saturated rings. The van der Waals surface area contributed by atoms with Gasteiger partial charge in [-0.2, -0.15) is 0 Å². The second-order valence-corrected chi connectivity index (χ2v) is 2.47. The second kappa shape index (κ2) is 4.19. The van der Waals surface area contributed by atoms with E-state index < -0.39 is 5.91 Å². The lowest BCUT2D eigenvalue weighted by molar-refractivity contribution is -0.112. The molecule has 0 aliphatic carbocycles. The number of carbonyl (C=O) groups is 1. The van der Waals surface area contributed by atoms with Crippen LogP contribution >= 0.6 is 0 Å². The molecule has 0 saturated heterocycles. The van der Waals surface area contributed by atoms with Crippen LogP contribution in [0, 0.1) is 11.8 Å². The van der Waals surface area contributed by atoms with Crippen LogP contribution in [0.3, 0.4) is 0 Å². The number of carbonyl (C=O) groups excluding carboxylic acids is 1. The number of methoxy groups -OCH3 is 1. The lowest BCUT2D eigenvalue weighted by atomic mass is 10.2. The van der Waals surface area contributed by atoms with Gasteiger partial charge < -0.3 is 15.6 Å². The van der Waals surface area contributed by atoms with Gasteiger partial charge in [0.2, 0.25) is 0 Å². The average Bonchev–Trinajstić information content (AvgIpc) is 2.16. The van der Waals surface area contributed by atoms with Crippen LogP contribution in [0.1, 0.15) is 5.56 Å². The lowest BCUT2D eigenvalue weighted by Gasteiger charge is -2.03. The molecule has 14 heavy (non-hydrogen) atoms. The summed E-state index contributed by atoms with van der Waals surface area (Å²) >= 11 is 0. The molecule has 3 N–H and O–H groups in total. The fourth-order valence-corrected chi connectivity index (χ4v) is 0.917. The largest absolute Gasteiger partial charge is 0.503 e. The standard InChI is InChI=1S/C10H9NO3/c1-14-8-4-2-3-7(10(8)13)5-6-9(11)12/h2-4,13H,1H3,(H2,11,12). The zero-order chi connectivity index (χ0) is 10.6. The van der Waals surface area contributed by atoms with Crippen molar-refractivity contribution in [2.24, 2.45) is 5.73 Å². The van der Waals surface area contributed by atoms with Gasteiger partial charge in [0.05, 0.1) is 12.7 Å². The molecule has 0 aromatic heterocycles. The van der Waals surface area contributed by atoms with Crippen LogP contribution in [0.2, 0.25) is 0 Å². The minimum Gasteiger partial charge on any atom is -0.503 e. The van der Waals surface area contributed by atoms with Crippen LogP contribution in [-0.2, 0) is 4.79 Å². The molecule has 0 saturated carbocycles. The number of primary amides is 1. The minimum atomic E-state index is -0.743. The van der Waals surface area contributed by atoms with Gasteiger partial charge in [-0.25, -0.2) is 0 Å². The summed E-state index contributed by atoms with van der Waals surface area (Å²) in [5.41, 5.74) is 5.14. The summed E-state index contributed by atoms with van der Waals surface area (Å²) in [5.74, 6) is 4.03. The maximum atomic E-state index is 10.4. The summed E-state index contributed by atoms with van der Waals surface area (Å²) in [6.07, 6.45) is 0. The van der Waals surface area contributed by atoms with Gasteiger partial charge in [0.1, 0.15) is 0 Å². The first-order valence-electron chi connectivity index (χ1n) is 3.82. The quantitative estimate of drug-likeness (QED) is 0.624. The monoisotopic (exact) mass is 191 g/mol. The van der Waals surface area contributed by atoms with Crippen LogP contribution in [0.4, 0.5) is 0 Å². The Morgan fingerprint density at radius 3 is 2.86 bits per heavy atom. The molecule has 0 spiro atoms. The number of benzene rings is 1. The fourth-order valence-electron chi connectivity index (χ4n) is 0.917. The van der Waals surface area contributed by atoms with Crippen LogP contribution in [0.15, 0.2) is 18.2 Å². The fraction of sp³-hybridized carbons (Fsp3) is 0.100. The number of phenols is 1. The predicted molar refractivity (Wildman–Crippen MR) is 50.7 cm³/mol. The number of amides is 1. The highest BCUT2D eigenvalue weighted by Crippen LogP contribution is 2.28. The summed E-state index contributed by atoms with van der Waals surface area (Å²) in [6.45, 7) is 0. The zero-order valence-electron chi connectivity index (χ0n) is 7.57. The summed E-state index contributed by atoms with van der Waals surface area (Å²) in [4.78, 5) is 10.4. The molecule has 1 aromatic rings. The molecule has 0 atom stereocenters. The van der Waals surface area contributed by atoms with Gasteiger partial charge in [-0.1, -0.05) is 12.0 Å². The Kier molecular flexibility index (Phi) is 2.97. The maximum absolute atomic E-state index is 10.4. The van der Waals surface area contributed by atoms with E-state index in [-0.39, 0.29) is 5.75 Å². The molecule has 1 aromatic carbocycles. The zero-order valence-corrected chi connectivity index (χ0v) is 7.57. The summed E-state index contributed by atoms with van der Waals surface area (Å²) in [5, 5.41) is 9.52. The second-order valence-electron chi connectivity index (χ2n) is 2.47. The molecule has 1 amide bonds. The van der Waals surface area contributed by atoms with Gasteiger partial charge in [0.15, 0.2) is 11.5 Å². The molecule has 0 aliphatic heterocycles. The molecule has 4 nitrogen and oxygen atoms in total. The van der Waals surface area contributed by atoms with Gasteiger partial charge in [0, 0.05) is 5.92 Å². The maximum Gasteiger partial charge on any atom is 0.293 e. The van der Waals surface area contributed by atoms with Gasteiger partial charge >= 0.3 is 0 Å². The number of phenolic OH excluding ortho intramolecular Hbond substituents is 1. The van der Waals surface area contributed by atoms with Crippen molar-refractivity contribution in [1.29, 1.82) is 0 Å². The predicted octanol–water partition coefficient (Wildman–Crippen LogP) is 0.238. The van der Waals surface area contributed by atoms with Crippen LogP contribution in [-0.4, -0.2) is 18.1 Å². The molecule has 0 radical (unpaired) electrons. The van der Waals surface area contributed by atoms with Crippen molar-refractivity contribution in [2.75, 3.05) is 7.11 Å². The topological polar surface area (TPSA) is 72.5 Å². The van der Waals surface area contributed by atoms with E-state index in [1.807, 2.05) is 0 Å². The van der Waals surface area contributed by atoms with Gasteiger partial charge in [-0.05, 0) is 12.1 Å². The molecule has 0 heterocycles. The van der Waals surface area contributed by atoms with E-state index >= 15 is 0 Å². The van der Waals surface area contributed by atoms with Gasteiger partial charge in [0.25, 0.3) is 5.91 Å². The number of ether oxygens (including phenoxy) is 1. The van der Waals surface area contributed by atoms with E-state index in [0.717, 1.165) is 0 Å². The molecule has 0 aliphatic rings. The number of para-hydroxylation sites is 1. The highest BCUT2D eigenvalue weighted by atomic mass is 16.5. The van der Waals surface area contributed by atoms with E-state index in [4.69, 9.17) is 10.5 Å². The number of hydrogen-bond donors (Lipinski definition) is 2. The summed E-state index contributed by atoms with van der Waals surface area (Å²) in [6, 6.07) is 4.81. The Hall–Kier alpha value is -2.15. The van der Waals surface area contributed by atoms with Crippen molar-refractivity contribution >= 4 is 5.91 Å². The number of hydrogen-bond acceptors (Lipinski definition) is 3. The van der Waals surface area contributed by atoms with Crippen molar-refractivity contribution in [1.82, 2.24) is 0 Å². The SMILES string of the molecule is COc1cccc(C#CC(N)=O)c1O. The Morgan fingerprint density at radius 2 is 2.29 bits per heavy atom. The van der Waals surface area contributed by atoms with E-state index in [1.54, 1.807) is 18.2 Å². The number of nitrogens with two attached hydrogens (primary N) is 1. The van der Waals surface area contributed by atoms with E-state index in [2.05, 4.69) is 11.8 Å². The third kappa shape index (κ3) is 2.17. The Morgan fingerprint density at radius 1 is 1.57 bits per heavy atom. The third-order valence-corrected chi connectivity index (χ3v) is 1.54. The van der Waals surface area contributed by atoms with Crippen LogP contribution < -0.4 is 10.5 Å². The van der Waals surface area contributed by atoms with Crippen molar-refractivity contribution in [2.45, 2.75) is 0 Å². The first kappa shape index (κ1) is 9.93. The minimum absolute atomic E-state index is 0.0937. The van der Waals surface area contributed by atoms with E-state index in [1.165, 1.54) is 7.11 Å². The normalized spacial score (nSPS) is 8.64. The van der Waals surface area contributed by atoms with Gasteiger partial charge in [-0.15, -0.1) is 0 Å². The smallest absolute Gasteiger partial charge is 0.293 e. The van der Waals surface area contributed by atoms with Crippen molar-refractivity contribution < 1.29 is 14.6 Å². The highest BCUT2D eigenvalue weighted by Gasteiger charge is 2.04. The molecular formula is C10H9NO3. The first-order chi connectivity index (χ1) is 6.65. The average molecular weight is 191 g/mol. The molecule has 0 unspecified atom stereocenters. The van der Waals surface area contributed by atoms with E-state index in [9.17, 15) is 9.90 Å². The van der Waals surface area contributed by atoms with E-state index in [0.29, 0.717) is 11.3 Å². The summed E-state index contributed by atoms with van der Waals surface area (Å²) in [7, 11) is 1.43. The van der Waals surface area contributed by atoms with Gasteiger partial charge in [-0.3, -0.25) is 4.79 Å². The van der Waals surface area contributed by atoms with Crippen molar-refractivity contribution in [3.05, 3.63) is 23.8 Å². The molecule has 1 rings (SSSR count). The Balaban J connectivity index is 3.12. The molecular weight excluding hydrogens is 182 g/mol. The molecule has 0 bridgehead atoms.